The highest BCUT2D eigenvalue weighted by Crippen LogP contribution is 2.30. The second-order valence-electron chi connectivity index (χ2n) is 6.59. The third-order valence-electron chi connectivity index (χ3n) is 5.08. The second-order valence-corrected chi connectivity index (χ2v) is 6.59. The maximum absolute atomic E-state index is 5.61. The van der Waals surface area contributed by atoms with E-state index in [1.165, 1.54) is 45.2 Å². The minimum atomic E-state index is 0. The largest absolute Gasteiger partial charge is 0.381 e. The van der Waals surface area contributed by atoms with E-state index in [1.54, 1.807) is 0 Å². The molecule has 2 fully saturated rings. The number of hydrogen-bond acceptors (Lipinski definition) is 3. The van der Waals surface area contributed by atoms with Crippen LogP contribution >= 0.6 is 24.0 Å². The van der Waals surface area contributed by atoms with Crippen LogP contribution in [0.3, 0.4) is 0 Å². The number of likely N-dealkylation sites (tertiary alicyclic amines) is 1. The molecular weight excluding hydrogens is 403 g/mol. The molecule has 136 valence electrons. The summed E-state index contributed by atoms with van der Waals surface area (Å²) < 4.78 is 5.61. The van der Waals surface area contributed by atoms with Crippen molar-refractivity contribution in [2.24, 2.45) is 4.99 Å². The van der Waals surface area contributed by atoms with E-state index < -0.39 is 0 Å². The summed E-state index contributed by atoms with van der Waals surface area (Å²) in [5, 5.41) is 7.02. The van der Waals surface area contributed by atoms with Crippen molar-refractivity contribution >= 4 is 29.9 Å². The first-order valence-electron chi connectivity index (χ1n) is 9.08. The molecule has 2 heterocycles. The number of rotatable bonds is 7. The maximum atomic E-state index is 5.61. The fourth-order valence-electron chi connectivity index (χ4n) is 3.60. The monoisotopic (exact) mass is 438 g/mol. The normalized spacial score (nSPS) is 21.7. The maximum Gasteiger partial charge on any atom is 0.191 e. The van der Waals surface area contributed by atoms with Crippen LogP contribution in [0.5, 0.6) is 0 Å². The number of guanidine groups is 1. The van der Waals surface area contributed by atoms with E-state index in [-0.39, 0.29) is 29.5 Å². The van der Waals surface area contributed by atoms with Gasteiger partial charge in [-0.15, -0.1) is 24.0 Å². The Hall–Kier alpha value is -0.0800. The summed E-state index contributed by atoms with van der Waals surface area (Å²) in [5.41, 5.74) is 0.260. The molecule has 0 saturated carbocycles. The zero-order valence-electron chi connectivity index (χ0n) is 14.9. The number of halogens is 1. The summed E-state index contributed by atoms with van der Waals surface area (Å²) in [4.78, 5) is 7.06. The third kappa shape index (κ3) is 6.38. The molecule has 0 spiro atoms. The van der Waals surface area contributed by atoms with Crippen LogP contribution in [-0.2, 0) is 4.74 Å². The van der Waals surface area contributed by atoms with Crippen LogP contribution in [0.4, 0.5) is 0 Å². The number of unbranched alkanes of at least 4 members (excludes halogenated alkanes) is 2. The Kier molecular flexibility index (Phi) is 10.5. The smallest absolute Gasteiger partial charge is 0.191 e. The number of hydrogen-bond donors (Lipinski definition) is 2. The molecule has 0 aliphatic carbocycles. The molecule has 2 aliphatic rings. The van der Waals surface area contributed by atoms with Gasteiger partial charge in [0.05, 0.1) is 0 Å². The van der Waals surface area contributed by atoms with Gasteiger partial charge in [0.1, 0.15) is 0 Å². The zero-order chi connectivity index (χ0) is 15.7. The first-order chi connectivity index (χ1) is 10.8. The Morgan fingerprint density at radius 3 is 2.43 bits per heavy atom. The molecule has 0 atom stereocenters. The topological polar surface area (TPSA) is 48.9 Å². The van der Waals surface area contributed by atoms with Gasteiger partial charge in [-0.2, -0.15) is 0 Å². The predicted molar refractivity (Wildman–Crippen MR) is 108 cm³/mol. The van der Waals surface area contributed by atoms with Crippen molar-refractivity contribution in [1.82, 2.24) is 15.5 Å². The Labute approximate surface area is 159 Å². The van der Waals surface area contributed by atoms with Gasteiger partial charge in [0.2, 0.25) is 0 Å². The molecule has 2 aliphatic heterocycles. The SMILES string of the molecule is CCCCCNC(=NC)NCC1(N2CCCC2)CCOCC1.I. The lowest BCUT2D eigenvalue weighted by molar-refractivity contribution is -0.0164. The van der Waals surface area contributed by atoms with E-state index in [2.05, 4.69) is 27.4 Å². The van der Waals surface area contributed by atoms with Crippen molar-refractivity contribution in [3.8, 4) is 0 Å². The van der Waals surface area contributed by atoms with Crippen LogP contribution < -0.4 is 10.6 Å². The molecule has 0 radical (unpaired) electrons. The van der Waals surface area contributed by atoms with Gasteiger partial charge in [0.15, 0.2) is 5.96 Å². The van der Waals surface area contributed by atoms with Crippen molar-refractivity contribution in [2.75, 3.05) is 46.4 Å². The van der Waals surface area contributed by atoms with E-state index in [0.717, 1.165) is 45.1 Å². The Morgan fingerprint density at radius 1 is 1.13 bits per heavy atom. The van der Waals surface area contributed by atoms with E-state index in [1.807, 2.05) is 7.05 Å². The Morgan fingerprint density at radius 2 is 1.83 bits per heavy atom. The molecule has 23 heavy (non-hydrogen) atoms. The summed E-state index contributed by atoms with van der Waals surface area (Å²) >= 11 is 0. The minimum absolute atomic E-state index is 0. The average Bonchev–Trinajstić information content (AvgIpc) is 3.10. The van der Waals surface area contributed by atoms with Gasteiger partial charge in [0, 0.05) is 38.9 Å². The highest BCUT2D eigenvalue weighted by Gasteiger charge is 2.39. The quantitative estimate of drug-likeness (QED) is 0.278. The third-order valence-corrected chi connectivity index (χ3v) is 5.08. The van der Waals surface area contributed by atoms with Crippen LogP contribution in [0.2, 0.25) is 0 Å². The second kappa shape index (κ2) is 11.5. The molecule has 5 nitrogen and oxygen atoms in total. The van der Waals surface area contributed by atoms with Crippen molar-refractivity contribution in [1.29, 1.82) is 0 Å². The summed E-state index contributed by atoms with van der Waals surface area (Å²) in [6, 6.07) is 0. The first-order valence-corrected chi connectivity index (χ1v) is 9.08. The van der Waals surface area contributed by atoms with E-state index >= 15 is 0 Å². The molecular formula is C17H35IN4O. The highest BCUT2D eigenvalue weighted by atomic mass is 127. The van der Waals surface area contributed by atoms with Crippen molar-refractivity contribution in [2.45, 2.75) is 57.4 Å². The van der Waals surface area contributed by atoms with Crippen LogP contribution in [0.25, 0.3) is 0 Å². The summed E-state index contributed by atoms with van der Waals surface area (Å²) in [5.74, 6) is 0.946. The van der Waals surface area contributed by atoms with Gasteiger partial charge in [-0.05, 0) is 45.2 Å². The number of nitrogens with one attached hydrogen (secondary N) is 2. The molecule has 0 aromatic heterocycles. The van der Waals surface area contributed by atoms with Gasteiger partial charge >= 0.3 is 0 Å². The fourth-order valence-corrected chi connectivity index (χ4v) is 3.60. The molecule has 6 heteroatoms. The van der Waals surface area contributed by atoms with Crippen LogP contribution in [0.1, 0.15) is 51.9 Å². The van der Waals surface area contributed by atoms with Gasteiger partial charge in [-0.3, -0.25) is 9.89 Å². The van der Waals surface area contributed by atoms with Gasteiger partial charge in [-0.25, -0.2) is 0 Å². The Balaban J connectivity index is 0.00000264. The van der Waals surface area contributed by atoms with Crippen molar-refractivity contribution < 1.29 is 4.74 Å². The lowest BCUT2D eigenvalue weighted by Crippen LogP contribution is -2.58. The fraction of sp³-hybridized carbons (Fsp3) is 0.941. The number of nitrogens with zero attached hydrogens (tertiary/aromatic N) is 2. The molecule has 0 aromatic carbocycles. The summed E-state index contributed by atoms with van der Waals surface area (Å²) in [7, 11) is 1.86. The Bertz CT molecular complexity index is 339. The molecule has 0 aromatic rings. The van der Waals surface area contributed by atoms with Crippen molar-refractivity contribution in [3.05, 3.63) is 0 Å². The molecule has 2 saturated heterocycles. The van der Waals surface area contributed by atoms with Crippen LogP contribution in [0.15, 0.2) is 4.99 Å². The number of ether oxygens (including phenoxy) is 1. The van der Waals surface area contributed by atoms with Crippen LogP contribution in [0, 0.1) is 0 Å². The lowest BCUT2D eigenvalue weighted by atomic mass is 9.88. The van der Waals surface area contributed by atoms with Gasteiger partial charge in [0.25, 0.3) is 0 Å². The minimum Gasteiger partial charge on any atom is -0.381 e. The van der Waals surface area contributed by atoms with E-state index in [9.17, 15) is 0 Å². The lowest BCUT2D eigenvalue weighted by Gasteiger charge is -2.45. The van der Waals surface area contributed by atoms with Crippen molar-refractivity contribution in [3.63, 3.8) is 0 Å². The van der Waals surface area contributed by atoms with Crippen LogP contribution in [-0.4, -0.2) is 62.8 Å². The molecule has 0 amide bonds. The standard InChI is InChI=1S/C17H34N4O.HI/c1-3-4-5-10-19-16(18-2)20-15-17(8-13-22-14-9-17)21-11-6-7-12-21;/h3-15H2,1-2H3,(H2,18,19,20);1H. The molecule has 2 rings (SSSR count). The molecule has 2 N–H and O–H groups in total. The average molecular weight is 438 g/mol. The predicted octanol–water partition coefficient (Wildman–Crippen LogP) is 2.60. The first kappa shape index (κ1) is 21.0. The number of aliphatic imine (C=N–C) groups is 1. The van der Waals surface area contributed by atoms with Gasteiger partial charge in [-0.1, -0.05) is 19.8 Å². The van der Waals surface area contributed by atoms with Gasteiger partial charge < -0.3 is 15.4 Å². The summed E-state index contributed by atoms with van der Waals surface area (Å²) in [6.45, 7) is 8.48. The summed E-state index contributed by atoms with van der Waals surface area (Å²) in [6.07, 6.45) is 8.69. The molecule has 0 bridgehead atoms. The highest BCUT2D eigenvalue weighted by molar-refractivity contribution is 14.0. The van der Waals surface area contributed by atoms with E-state index in [4.69, 9.17) is 4.74 Å². The molecule has 0 unspecified atom stereocenters. The van der Waals surface area contributed by atoms with E-state index in [0.29, 0.717) is 0 Å². The zero-order valence-corrected chi connectivity index (χ0v) is 17.2.